The Balaban J connectivity index is 2.78. The Bertz CT molecular complexity index is 584. The number of rotatable bonds is 2. The molecule has 0 unspecified atom stereocenters. The Morgan fingerprint density at radius 1 is 1.38 bits per heavy atom. The van der Waals surface area contributed by atoms with E-state index in [1.807, 2.05) is 25.1 Å². The van der Waals surface area contributed by atoms with Crippen LogP contribution >= 0.6 is 0 Å². The minimum atomic E-state index is 0.0529. The lowest BCUT2D eigenvalue weighted by atomic mass is 10.1. The highest BCUT2D eigenvalue weighted by Gasteiger charge is 2.07. The Labute approximate surface area is 94.7 Å². The zero-order chi connectivity index (χ0) is 11.7. The molecule has 2 rings (SSSR count). The molecule has 0 aliphatic rings. The summed E-state index contributed by atoms with van der Waals surface area (Å²) in [6.07, 6.45) is 1.84. The minimum absolute atomic E-state index is 0.0529. The van der Waals surface area contributed by atoms with Crippen LogP contribution in [0.2, 0.25) is 0 Å². The second-order valence-electron chi connectivity index (χ2n) is 4.16. The highest BCUT2D eigenvalue weighted by Crippen LogP contribution is 2.11. The minimum Gasteiger partial charge on any atom is -0.299 e. The summed E-state index contributed by atoms with van der Waals surface area (Å²) >= 11 is 0. The van der Waals surface area contributed by atoms with Crippen LogP contribution < -0.4 is 5.56 Å². The van der Waals surface area contributed by atoms with Gasteiger partial charge in [-0.25, -0.2) is 4.98 Å². The SMILES string of the molecule is CCCc1nc2ccc(C)cc2c(=O)n1C. The number of aryl methyl sites for hydroxylation is 2. The molecule has 3 heteroatoms. The van der Waals surface area contributed by atoms with Crippen LogP contribution in [0.1, 0.15) is 24.7 Å². The molecule has 0 saturated carbocycles. The van der Waals surface area contributed by atoms with Crippen LogP contribution in [0, 0.1) is 6.92 Å². The number of aromatic nitrogens is 2. The molecular weight excluding hydrogens is 200 g/mol. The summed E-state index contributed by atoms with van der Waals surface area (Å²) in [5.41, 5.74) is 1.95. The van der Waals surface area contributed by atoms with Crippen molar-refractivity contribution in [1.82, 2.24) is 9.55 Å². The molecule has 0 saturated heterocycles. The van der Waals surface area contributed by atoms with Crippen LogP contribution in [0.5, 0.6) is 0 Å². The largest absolute Gasteiger partial charge is 0.299 e. The highest BCUT2D eigenvalue weighted by atomic mass is 16.1. The topological polar surface area (TPSA) is 34.9 Å². The lowest BCUT2D eigenvalue weighted by Crippen LogP contribution is -2.22. The lowest BCUT2D eigenvalue weighted by Gasteiger charge is -2.08. The molecular formula is C13H16N2O. The summed E-state index contributed by atoms with van der Waals surface area (Å²) in [5, 5.41) is 0.711. The van der Waals surface area contributed by atoms with Crippen molar-refractivity contribution in [2.45, 2.75) is 26.7 Å². The molecule has 0 N–H and O–H groups in total. The molecule has 1 heterocycles. The third kappa shape index (κ3) is 1.73. The standard InChI is InChI=1S/C13H16N2O/c1-4-5-12-14-11-7-6-9(2)8-10(11)13(16)15(12)3/h6-8H,4-5H2,1-3H3. The molecule has 0 aliphatic carbocycles. The zero-order valence-corrected chi connectivity index (χ0v) is 9.95. The van der Waals surface area contributed by atoms with Gasteiger partial charge >= 0.3 is 0 Å². The Hall–Kier alpha value is -1.64. The van der Waals surface area contributed by atoms with E-state index in [2.05, 4.69) is 11.9 Å². The summed E-state index contributed by atoms with van der Waals surface area (Å²) in [4.78, 5) is 16.6. The molecule has 0 spiro atoms. The molecule has 2 aromatic rings. The van der Waals surface area contributed by atoms with Crippen LogP contribution in [0.3, 0.4) is 0 Å². The van der Waals surface area contributed by atoms with E-state index in [-0.39, 0.29) is 5.56 Å². The maximum absolute atomic E-state index is 12.1. The predicted molar refractivity (Wildman–Crippen MR) is 65.7 cm³/mol. The van der Waals surface area contributed by atoms with Crippen molar-refractivity contribution in [3.05, 3.63) is 39.9 Å². The molecule has 1 aromatic carbocycles. The number of fused-ring (bicyclic) bond motifs is 1. The fraction of sp³-hybridized carbons (Fsp3) is 0.385. The van der Waals surface area contributed by atoms with Crippen LogP contribution in [-0.2, 0) is 13.5 Å². The Kier molecular flexibility index (Phi) is 2.77. The van der Waals surface area contributed by atoms with Gasteiger partial charge in [-0.2, -0.15) is 0 Å². The fourth-order valence-corrected chi connectivity index (χ4v) is 1.88. The van der Waals surface area contributed by atoms with Gasteiger partial charge in [0.15, 0.2) is 0 Å². The normalized spacial score (nSPS) is 10.9. The van der Waals surface area contributed by atoms with Gasteiger partial charge in [-0.15, -0.1) is 0 Å². The van der Waals surface area contributed by atoms with Gasteiger partial charge in [-0.1, -0.05) is 18.6 Å². The molecule has 0 radical (unpaired) electrons. The van der Waals surface area contributed by atoms with E-state index < -0.39 is 0 Å². The molecule has 84 valence electrons. The van der Waals surface area contributed by atoms with E-state index in [1.165, 1.54) is 0 Å². The molecule has 16 heavy (non-hydrogen) atoms. The summed E-state index contributed by atoms with van der Waals surface area (Å²) in [7, 11) is 1.79. The van der Waals surface area contributed by atoms with Crippen molar-refractivity contribution < 1.29 is 0 Å². The van der Waals surface area contributed by atoms with E-state index in [9.17, 15) is 4.79 Å². The monoisotopic (exact) mass is 216 g/mol. The quantitative estimate of drug-likeness (QED) is 0.771. The molecule has 0 amide bonds. The predicted octanol–water partition coefficient (Wildman–Crippen LogP) is 2.19. The molecule has 1 aromatic heterocycles. The maximum atomic E-state index is 12.1. The van der Waals surface area contributed by atoms with E-state index in [4.69, 9.17) is 0 Å². The summed E-state index contributed by atoms with van der Waals surface area (Å²) < 4.78 is 1.66. The maximum Gasteiger partial charge on any atom is 0.261 e. The summed E-state index contributed by atoms with van der Waals surface area (Å²) in [6.45, 7) is 4.07. The van der Waals surface area contributed by atoms with Crippen LogP contribution in [0.15, 0.2) is 23.0 Å². The fourth-order valence-electron chi connectivity index (χ4n) is 1.88. The number of benzene rings is 1. The molecule has 0 fully saturated rings. The van der Waals surface area contributed by atoms with Gasteiger partial charge in [0.05, 0.1) is 10.9 Å². The van der Waals surface area contributed by atoms with E-state index in [0.29, 0.717) is 5.39 Å². The number of nitrogens with zero attached hydrogens (tertiary/aromatic N) is 2. The third-order valence-corrected chi connectivity index (χ3v) is 2.80. The van der Waals surface area contributed by atoms with Crippen LogP contribution in [0.4, 0.5) is 0 Å². The first-order valence-electron chi connectivity index (χ1n) is 5.59. The highest BCUT2D eigenvalue weighted by molar-refractivity contribution is 5.78. The van der Waals surface area contributed by atoms with Crippen molar-refractivity contribution in [1.29, 1.82) is 0 Å². The average Bonchev–Trinajstić information content (AvgIpc) is 2.27. The molecule has 0 atom stereocenters. The van der Waals surface area contributed by atoms with Crippen molar-refractivity contribution in [2.75, 3.05) is 0 Å². The average molecular weight is 216 g/mol. The van der Waals surface area contributed by atoms with Gasteiger partial charge in [0, 0.05) is 13.5 Å². The van der Waals surface area contributed by atoms with Gasteiger partial charge in [0.2, 0.25) is 0 Å². The first-order valence-corrected chi connectivity index (χ1v) is 5.59. The Morgan fingerprint density at radius 2 is 2.12 bits per heavy atom. The Morgan fingerprint density at radius 3 is 2.81 bits per heavy atom. The molecule has 0 aliphatic heterocycles. The van der Waals surface area contributed by atoms with Crippen molar-refractivity contribution in [3.63, 3.8) is 0 Å². The first-order chi connectivity index (χ1) is 7.63. The van der Waals surface area contributed by atoms with Crippen LogP contribution in [0.25, 0.3) is 10.9 Å². The van der Waals surface area contributed by atoms with Crippen molar-refractivity contribution in [2.24, 2.45) is 7.05 Å². The van der Waals surface area contributed by atoms with Gasteiger partial charge in [0.25, 0.3) is 5.56 Å². The molecule has 0 bridgehead atoms. The van der Waals surface area contributed by atoms with Gasteiger partial charge in [-0.05, 0) is 25.5 Å². The third-order valence-electron chi connectivity index (χ3n) is 2.80. The second-order valence-corrected chi connectivity index (χ2v) is 4.16. The van der Waals surface area contributed by atoms with Gasteiger partial charge in [0.1, 0.15) is 5.82 Å². The lowest BCUT2D eigenvalue weighted by molar-refractivity contribution is 0.717. The van der Waals surface area contributed by atoms with Crippen molar-refractivity contribution >= 4 is 10.9 Å². The second kappa shape index (κ2) is 4.08. The summed E-state index contributed by atoms with van der Waals surface area (Å²) in [5.74, 6) is 0.865. The van der Waals surface area contributed by atoms with Crippen molar-refractivity contribution in [3.8, 4) is 0 Å². The number of hydrogen-bond donors (Lipinski definition) is 0. The molecule has 3 nitrogen and oxygen atoms in total. The number of hydrogen-bond acceptors (Lipinski definition) is 2. The van der Waals surface area contributed by atoms with E-state index >= 15 is 0 Å². The summed E-state index contributed by atoms with van der Waals surface area (Å²) in [6, 6.07) is 5.82. The van der Waals surface area contributed by atoms with Gasteiger partial charge in [-0.3, -0.25) is 9.36 Å². The van der Waals surface area contributed by atoms with Gasteiger partial charge < -0.3 is 0 Å². The van der Waals surface area contributed by atoms with E-state index in [1.54, 1.807) is 11.6 Å². The van der Waals surface area contributed by atoms with Crippen LogP contribution in [-0.4, -0.2) is 9.55 Å². The first kappa shape index (κ1) is 10.9. The zero-order valence-electron chi connectivity index (χ0n) is 9.95. The van der Waals surface area contributed by atoms with E-state index in [0.717, 1.165) is 29.7 Å². The smallest absolute Gasteiger partial charge is 0.261 e.